The molecule has 3 aromatic rings. The van der Waals surface area contributed by atoms with Gasteiger partial charge in [-0.1, -0.05) is 0 Å². The number of nitrogens with one attached hydrogen (secondary N) is 3. The number of carbonyl (C=O) groups is 1. The van der Waals surface area contributed by atoms with E-state index in [1.165, 1.54) is 19.0 Å². The van der Waals surface area contributed by atoms with Gasteiger partial charge in [-0.05, 0) is 25.7 Å². The summed E-state index contributed by atoms with van der Waals surface area (Å²) in [6, 6.07) is 1.98. The molecule has 15 nitrogen and oxygen atoms in total. The molecule has 15 heteroatoms. The van der Waals surface area contributed by atoms with Gasteiger partial charge in [-0.25, -0.2) is 4.98 Å². The second-order valence-electron chi connectivity index (χ2n) is 11.6. The number of methoxy groups -OCH3 is 1. The van der Waals surface area contributed by atoms with E-state index in [0.29, 0.717) is 54.4 Å². The molecular formula is C28H38N12O3. The monoisotopic (exact) mass is 590 g/mol. The number of aromatic amines is 1. The summed E-state index contributed by atoms with van der Waals surface area (Å²) in [5, 5.41) is 13.7. The molecule has 3 N–H and O–H groups in total. The third-order valence-electron chi connectivity index (χ3n) is 8.75. The molecule has 1 amide bonds. The molecule has 6 heterocycles. The Bertz CT molecular complexity index is 1390. The van der Waals surface area contributed by atoms with Crippen LogP contribution < -0.4 is 20.4 Å². The van der Waals surface area contributed by atoms with Crippen molar-refractivity contribution < 1.29 is 14.3 Å². The van der Waals surface area contributed by atoms with Crippen molar-refractivity contribution in [2.24, 2.45) is 0 Å². The molecule has 7 rings (SSSR count). The van der Waals surface area contributed by atoms with Crippen LogP contribution >= 0.6 is 0 Å². The normalized spacial score (nSPS) is 23.5. The summed E-state index contributed by atoms with van der Waals surface area (Å²) >= 11 is 0. The summed E-state index contributed by atoms with van der Waals surface area (Å²) in [4.78, 5) is 43.0. The van der Waals surface area contributed by atoms with Crippen molar-refractivity contribution in [2.45, 2.75) is 56.2 Å². The molecule has 0 radical (unpaired) electrons. The first-order chi connectivity index (χ1) is 21.1. The van der Waals surface area contributed by atoms with E-state index in [0.717, 1.165) is 57.9 Å². The lowest BCUT2D eigenvalue weighted by Crippen LogP contribution is -2.49. The van der Waals surface area contributed by atoms with Crippen LogP contribution in [0.1, 0.15) is 43.7 Å². The SMILES string of the molecule is CO[C@H]1C[C@@H](C(=O)Nc2cnccn2)N(c2nc(Nc3cc(C4CC4)[nH]n3)nc(N3CCC(N4CCOCC4)CC3)n2)C1. The van der Waals surface area contributed by atoms with Crippen LogP contribution in [-0.2, 0) is 14.3 Å². The van der Waals surface area contributed by atoms with Gasteiger partial charge in [-0.3, -0.25) is 19.8 Å². The summed E-state index contributed by atoms with van der Waals surface area (Å²) < 4.78 is 11.2. The first kappa shape index (κ1) is 27.9. The summed E-state index contributed by atoms with van der Waals surface area (Å²) in [5.41, 5.74) is 1.12. The summed E-state index contributed by atoms with van der Waals surface area (Å²) in [5.74, 6) is 2.76. The molecule has 3 aromatic heterocycles. The van der Waals surface area contributed by atoms with Crippen LogP contribution in [0.3, 0.4) is 0 Å². The predicted octanol–water partition coefficient (Wildman–Crippen LogP) is 1.54. The number of aromatic nitrogens is 7. The van der Waals surface area contributed by atoms with E-state index in [-0.39, 0.29) is 12.0 Å². The molecule has 0 spiro atoms. The molecular weight excluding hydrogens is 552 g/mol. The average Bonchev–Trinajstić information content (AvgIpc) is 3.64. The van der Waals surface area contributed by atoms with E-state index in [1.54, 1.807) is 19.5 Å². The number of piperidine rings is 1. The van der Waals surface area contributed by atoms with Gasteiger partial charge in [0.1, 0.15) is 6.04 Å². The Hall–Kier alpha value is -3.95. The number of hydrogen-bond acceptors (Lipinski definition) is 13. The largest absolute Gasteiger partial charge is 0.380 e. The van der Waals surface area contributed by atoms with Crippen molar-refractivity contribution in [3.05, 3.63) is 30.4 Å². The number of H-pyrrole nitrogens is 1. The number of hydrogen-bond donors (Lipinski definition) is 3. The lowest BCUT2D eigenvalue weighted by atomic mass is 10.0. The zero-order valence-corrected chi connectivity index (χ0v) is 24.4. The molecule has 228 valence electrons. The number of morpholine rings is 1. The Morgan fingerprint density at radius 1 is 1.02 bits per heavy atom. The van der Waals surface area contributed by atoms with E-state index in [2.05, 4.69) is 40.6 Å². The van der Waals surface area contributed by atoms with Gasteiger partial charge in [-0.15, -0.1) is 0 Å². The maximum absolute atomic E-state index is 13.5. The third kappa shape index (κ3) is 6.38. The topological polar surface area (TPSA) is 162 Å². The van der Waals surface area contributed by atoms with Crippen molar-refractivity contribution >= 4 is 35.4 Å². The molecule has 0 unspecified atom stereocenters. The highest BCUT2D eigenvalue weighted by atomic mass is 16.5. The fourth-order valence-electron chi connectivity index (χ4n) is 6.18. The first-order valence-corrected chi connectivity index (χ1v) is 15.1. The van der Waals surface area contributed by atoms with Crippen molar-refractivity contribution in [1.82, 2.24) is 40.0 Å². The molecule has 0 bridgehead atoms. The van der Waals surface area contributed by atoms with E-state index < -0.39 is 6.04 Å². The van der Waals surface area contributed by atoms with Gasteiger partial charge in [0.2, 0.25) is 23.8 Å². The molecule has 4 fully saturated rings. The molecule has 4 aliphatic rings. The number of ether oxygens (including phenoxy) is 2. The van der Waals surface area contributed by atoms with Gasteiger partial charge >= 0.3 is 0 Å². The van der Waals surface area contributed by atoms with Gasteiger partial charge in [0.15, 0.2) is 11.6 Å². The van der Waals surface area contributed by atoms with Gasteiger partial charge in [0, 0.05) is 82.4 Å². The number of amides is 1. The van der Waals surface area contributed by atoms with E-state index in [9.17, 15) is 4.79 Å². The Labute approximate surface area is 249 Å². The maximum Gasteiger partial charge on any atom is 0.248 e. The number of nitrogens with zero attached hydrogens (tertiary/aromatic N) is 9. The smallest absolute Gasteiger partial charge is 0.248 e. The fourth-order valence-corrected chi connectivity index (χ4v) is 6.18. The van der Waals surface area contributed by atoms with Crippen LogP contribution in [0.4, 0.5) is 29.5 Å². The quantitative estimate of drug-likeness (QED) is 0.329. The molecule has 0 aromatic carbocycles. The molecule has 2 atom stereocenters. The summed E-state index contributed by atoms with van der Waals surface area (Å²) in [6.45, 7) is 5.68. The summed E-state index contributed by atoms with van der Waals surface area (Å²) in [6.07, 6.45) is 9.35. The van der Waals surface area contributed by atoms with E-state index in [4.69, 9.17) is 24.4 Å². The van der Waals surface area contributed by atoms with Crippen molar-refractivity contribution in [3.8, 4) is 0 Å². The molecule has 3 saturated heterocycles. The van der Waals surface area contributed by atoms with Crippen molar-refractivity contribution in [1.29, 1.82) is 0 Å². The van der Waals surface area contributed by atoms with E-state index >= 15 is 0 Å². The van der Waals surface area contributed by atoms with Crippen LogP contribution in [0, 0.1) is 0 Å². The number of rotatable bonds is 9. The molecule has 43 heavy (non-hydrogen) atoms. The Kier molecular flexibility index (Phi) is 8.00. The van der Waals surface area contributed by atoms with Gasteiger partial charge in [0.05, 0.1) is 25.5 Å². The first-order valence-electron chi connectivity index (χ1n) is 15.1. The minimum atomic E-state index is -0.561. The molecule has 3 aliphatic heterocycles. The number of carbonyl (C=O) groups excluding carboxylic acids is 1. The lowest BCUT2D eigenvalue weighted by Gasteiger charge is -2.40. The minimum absolute atomic E-state index is 0.161. The van der Waals surface area contributed by atoms with Crippen LogP contribution in [-0.4, -0.2) is 117 Å². The second kappa shape index (κ2) is 12.3. The average molecular weight is 591 g/mol. The van der Waals surface area contributed by atoms with Gasteiger partial charge in [0.25, 0.3) is 0 Å². The second-order valence-corrected chi connectivity index (χ2v) is 11.6. The van der Waals surface area contributed by atoms with Crippen LogP contribution in [0.2, 0.25) is 0 Å². The van der Waals surface area contributed by atoms with Crippen LogP contribution in [0.5, 0.6) is 0 Å². The fraction of sp³-hybridized carbons (Fsp3) is 0.607. The maximum atomic E-state index is 13.5. The van der Waals surface area contributed by atoms with Crippen molar-refractivity contribution in [2.75, 3.05) is 73.5 Å². The van der Waals surface area contributed by atoms with Crippen LogP contribution in [0.25, 0.3) is 0 Å². The predicted molar refractivity (Wildman–Crippen MR) is 159 cm³/mol. The van der Waals surface area contributed by atoms with Crippen molar-refractivity contribution in [3.63, 3.8) is 0 Å². The van der Waals surface area contributed by atoms with E-state index in [1.807, 2.05) is 11.0 Å². The Balaban J connectivity index is 1.15. The Morgan fingerprint density at radius 3 is 2.58 bits per heavy atom. The standard InChI is InChI=1S/C28H38N12O3/c1-42-20-14-22(25(41)31-24-16-29-6-7-30-24)40(17-20)28-34-26(32-23-15-21(36-37-23)18-2-3-18)33-27(35-28)39-8-4-19(5-9-39)38-10-12-43-13-11-38/h6-7,15-16,18-20,22H,2-5,8-14,17H2,1H3,(H,30,31,41)(H2,32,33,34,35,36,37)/t20-,22-/m0/s1. The van der Waals surface area contributed by atoms with Gasteiger partial charge in [-0.2, -0.15) is 20.1 Å². The minimum Gasteiger partial charge on any atom is -0.380 e. The zero-order chi connectivity index (χ0) is 29.2. The molecule has 1 saturated carbocycles. The zero-order valence-electron chi connectivity index (χ0n) is 24.4. The highest BCUT2D eigenvalue weighted by Gasteiger charge is 2.40. The van der Waals surface area contributed by atoms with Crippen LogP contribution in [0.15, 0.2) is 24.7 Å². The Morgan fingerprint density at radius 2 is 1.84 bits per heavy atom. The molecule has 1 aliphatic carbocycles. The summed E-state index contributed by atoms with van der Waals surface area (Å²) in [7, 11) is 1.66. The lowest BCUT2D eigenvalue weighted by molar-refractivity contribution is -0.117. The third-order valence-corrected chi connectivity index (χ3v) is 8.75. The number of anilines is 5. The van der Waals surface area contributed by atoms with Gasteiger partial charge < -0.3 is 29.9 Å². The highest BCUT2D eigenvalue weighted by Crippen LogP contribution is 2.39. The highest BCUT2D eigenvalue weighted by molar-refractivity contribution is 5.96.